The molecule has 0 atom stereocenters. The summed E-state index contributed by atoms with van der Waals surface area (Å²) < 4.78 is 0. The maximum absolute atomic E-state index is 9.58. The average Bonchev–Trinajstić information content (AvgIpc) is 2.16. The SMILES string of the molecule is CN(C)c1ccc(O)c(CCCN)c1. The van der Waals surface area contributed by atoms with Gasteiger partial charge in [0.1, 0.15) is 5.75 Å². The molecule has 14 heavy (non-hydrogen) atoms. The first kappa shape index (κ1) is 10.9. The first-order valence-corrected chi connectivity index (χ1v) is 4.84. The number of phenols is 1. The minimum absolute atomic E-state index is 0.365. The Bertz CT molecular complexity index is 297. The highest BCUT2D eigenvalue weighted by Crippen LogP contribution is 2.23. The van der Waals surface area contributed by atoms with E-state index in [0.717, 1.165) is 24.1 Å². The number of aryl methyl sites for hydroxylation is 1. The van der Waals surface area contributed by atoms with Crippen LogP contribution < -0.4 is 10.6 Å². The molecule has 0 radical (unpaired) electrons. The summed E-state index contributed by atoms with van der Waals surface area (Å²) in [4.78, 5) is 2.02. The third kappa shape index (κ3) is 2.64. The summed E-state index contributed by atoms with van der Waals surface area (Å²) in [5.74, 6) is 0.365. The largest absolute Gasteiger partial charge is 0.508 e. The highest BCUT2D eigenvalue weighted by molar-refractivity contribution is 5.51. The fourth-order valence-corrected chi connectivity index (χ4v) is 1.34. The number of hydrogen-bond acceptors (Lipinski definition) is 3. The molecule has 0 aliphatic heterocycles. The van der Waals surface area contributed by atoms with E-state index in [-0.39, 0.29) is 0 Å². The Morgan fingerprint density at radius 1 is 1.36 bits per heavy atom. The molecule has 0 aliphatic rings. The van der Waals surface area contributed by atoms with E-state index in [1.807, 2.05) is 31.1 Å². The Kier molecular flexibility index (Phi) is 3.77. The van der Waals surface area contributed by atoms with E-state index in [0.29, 0.717) is 12.3 Å². The molecule has 0 saturated carbocycles. The molecule has 3 heteroatoms. The molecule has 0 amide bonds. The summed E-state index contributed by atoms with van der Waals surface area (Å²) in [6.07, 6.45) is 1.74. The molecule has 0 heterocycles. The van der Waals surface area contributed by atoms with Gasteiger partial charge in [0.2, 0.25) is 0 Å². The topological polar surface area (TPSA) is 49.5 Å². The van der Waals surface area contributed by atoms with Crippen LogP contribution in [0.3, 0.4) is 0 Å². The predicted molar refractivity (Wildman–Crippen MR) is 59.8 cm³/mol. The Labute approximate surface area is 85.2 Å². The average molecular weight is 194 g/mol. The monoisotopic (exact) mass is 194 g/mol. The van der Waals surface area contributed by atoms with E-state index < -0.39 is 0 Å². The Morgan fingerprint density at radius 2 is 2.07 bits per heavy atom. The van der Waals surface area contributed by atoms with Crippen molar-refractivity contribution in [2.45, 2.75) is 12.8 Å². The summed E-state index contributed by atoms with van der Waals surface area (Å²) in [5.41, 5.74) is 7.51. The standard InChI is InChI=1S/C11H18N2O/c1-13(2)10-5-6-11(14)9(8-10)4-3-7-12/h5-6,8,14H,3-4,7,12H2,1-2H3. The molecule has 0 fully saturated rings. The second-order valence-corrected chi connectivity index (χ2v) is 3.60. The molecule has 1 aromatic carbocycles. The van der Waals surface area contributed by atoms with Crippen molar-refractivity contribution in [3.05, 3.63) is 23.8 Å². The molecule has 78 valence electrons. The number of phenolic OH excluding ortho intramolecular Hbond substituents is 1. The van der Waals surface area contributed by atoms with Crippen LogP contribution in [0.1, 0.15) is 12.0 Å². The van der Waals surface area contributed by atoms with Crippen molar-refractivity contribution >= 4 is 5.69 Å². The zero-order valence-corrected chi connectivity index (χ0v) is 8.83. The number of nitrogens with two attached hydrogens (primary N) is 1. The maximum Gasteiger partial charge on any atom is 0.118 e. The number of anilines is 1. The van der Waals surface area contributed by atoms with E-state index >= 15 is 0 Å². The highest BCUT2D eigenvalue weighted by atomic mass is 16.3. The lowest BCUT2D eigenvalue weighted by molar-refractivity contribution is 0.467. The summed E-state index contributed by atoms with van der Waals surface area (Å²) in [5, 5.41) is 9.58. The molecular weight excluding hydrogens is 176 g/mol. The summed E-state index contributed by atoms with van der Waals surface area (Å²) in [7, 11) is 3.97. The van der Waals surface area contributed by atoms with Crippen LogP contribution in [0.25, 0.3) is 0 Å². The molecule has 0 aromatic heterocycles. The first-order valence-electron chi connectivity index (χ1n) is 4.84. The van der Waals surface area contributed by atoms with Gasteiger partial charge in [-0.05, 0) is 43.1 Å². The molecule has 1 aromatic rings. The van der Waals surface area contributed by atoms with Crippen molar-refractivity contribution < 1.29 is 5.11 Å². The van der Waals surface area contributed by atoms with Gasteiger partial charge < -0.3 is 15.7 Å². The van der Waals surface area contributed by atoms with Gasteiger partial charge in [-0.25, -0.2) is 0 Å². The summed E-state index contributed by atoms with van der Waals surface area (Å²) in [6.45, 7) is 0.658. The maximum atomic E-state index is 9.58. The number of nitrogens with zero attached hydrogens (tertiary/aromatic N) is 1. The van der Waals surface area contributed by atoms with Crippen molar-refractivity contribution in [1.29, 1.82) is 0 Å². The molecule has 3 nitrogen and oxygen atoms in total. The molecule has 3 N–H and O–H groups in total. The summed E-state index contributed by atoms with van der Waals surface area (Å²) in [6, 6.07) is 5.65. The normalized spacial score (nSPS) is 10.2. The Balaban J connectivity index is 2.85. The minimum atomic E-state index is 0.365. The number of benzene rings is 1. The van der Waals surface area contributed by atoms with Gasteiger partial charge in [-0.1, -0.05) is 0 Å². The van der Waals surface area contributed by atoms with Crippen LogP contribution in [-0.4, -0.2) is 25.7 Å². The zero-order chi connectivity index (χ0) is 10.6. The van der Waals surface area contributed by atoms with Gasteiger partial charge in [0.15, 0.2) is 0 Å². The van der Waals surface area contributed by atoms with Gasteiger partial charge in [0.25, 0.3) is 0 Å². The minimum Gasteiger partial charge on any atom is -0.508 e. The smallest absolute Gasteiger partial charge is 0.118 e. The number of aromatic hydroxyl groups is 1. The molecule has 1 rings (SSSR count). The van der Waals surface area contributed by atoms with Crippen LogP contribution >= 0.6 is 0 Å². The van der Waals surface area contributed by atoms with Crippen LogP contribution in [0.15, 0.2) is 18.2 Å². The summed E-state index contributed by atoms with van der Waals surface area (Å²) >= 11 is 0. The van der Waals surface area contributed by atoms with E-state index in [1.165, 1.54) is 0 Å². The fraction of sp³-hybridized carbons (Fsp3) is 0.455. The van der Waals surface area contributed by atoms with Crippen LogP contribution in [0.4, 0.5) is 5.69 Å². The van der Waals surface area contributed by atoms with E-state index in [1.54, 1.807) is 6.07 Å². The second kappa shape index (κ2) is 4.86. The highest BCUT2D eigenvalue weighted by Gasteiger charge is 2.03. The van der Waals surface area contributed by atoms with Crippen LogP contribution in [-0.2, 0) is 6.42 Å². The lowest BCUT2D eigenvalue weighted by atomic mass is 10.1. The quantitative estimate of drug-likeness (QED) is 0.760. The van der Waals surface area contributed by atoms with Gasteiger partial charge in [-0.3, -0.25) is 0 Å². The predicted octanol–water partition coefficient (Wildman–Crippen LogP) is 1.35. The first-order chi connectivity index (χ1) is 6.65. The Hall–Kier alpha value is -1.22. The fourth-order valence-electron chi connectivity index (χ4n) is 1.34. The van der Waals surface area contributed by atoms with Gasteiger partial charge in [0, 0.05) is 19.8 Å². The van der Waals surface area contributed by atoms with Crippen molar-refractivity contribution in [1.82, 2.24) is 0 Å². The third-order valence-corrected chi connectivity index (χ3v) is 2.23. The Morgan fingerprint density at radius 3 is 2.64 bits per heavy atom. The lowest BCUT2D eigenvalue weighted by Crippen LogP contribution is -2.09. The molecular formula is C11H18N2O. The molecule has 0 bridgehead atoms. The van der Waals surface area contributed by atoms with E-state index in [9.17, 15) is 5.11 Å². The molecule has 0 unspecified atom stereocenters. The third-order valence-electron chi connectivity index (χ3n) is 2.23. The number of rotatable bonds is 4. The van der Waals surface area contributed by atoms with Gasteiger partial charge >= 0.3 is 0 Å². The van der Waals surface area contributed by atoms with Crippen molar-refractivity contribution in [2.75, 3.05) is 25.5 Å². The molecule has 0 saturated heterocycles. The molecule has 0 spiro atoms. The van der Waals surface area contributed by atoms with Gasteiger partial charge in [0.05, 0.1) is 0 Å². The number of hydrogen-bond donors (Lipinski definition) is 2. The molecule has 0 aliphatic carbocycles. The van der Waals surface area contributed by atoms with Crippen LogP contribution in [0.5, 0.6) is 5.75 Å². The second-order valence-electron chi connectivity index (χ2n) is 3.60. The van der Waals surface area contributed by atoms with E-state index in [4.69, 9.17) is 5.73 Å². The van der Waals surface area contributed by atoms with Crippen LogP contribution in [0, 0.1) is 0 Å². The van der Waals surface area contributed by atoms with Crippen LogP contribution in [0.2, 0.25) is 0 Å². The van der Waals surface area contributed by atoms with Crippen molar-refractivity contribution in [3.8, 4) is 5.75 Å². The van der Waals surface area contributed by atoms with Gasteiger partial charge in [-0.15, -0.1) is 0 Å². The zero-order valence-electron chi connectivity index (χ0n) is 8.83. The van der Waals surface area contributed by atoms with Crippen molar-refractivity contribution in [3.63, 3.8) is 0 Å². The van der Waals surface area contributed by atoms with Gasteiger partial charge in [-0.2, -0.15) is 0 Å². The van der Waals surface area contributed by atoms with Crippen molar-refractivity contribution in [2.24, 2.45) is 5.73 Å². The lowest BCUT2D eigenvalue weighted by Gasteiger charge is -2.14. The van der Waals surface area contributed by atoms with E-state index in [2.05, 4.69) is 0 Å².